The summed E-state index contributed by atoms with van der Waals surface area (Å²) in [7, 11) is 1.70. The van der Waals surface area contributed by atoms with Crippen molar-refractivity contribution in [1.82, 2.24) is 9.80 Å². The number of ether oxygens (including phenoxy) is 1. The summed E-state index contributed by atoms with van der Waals surface area (Å²) in [5.74, 6) is -0.107. The van der Waals surface area contributed by atoms with Crippen LogP contribution in [0.15, 0.2) is 48.5 Å². The number of hydrogen-bond acceptors (Lipinski definition) is 5. The molecule has 7 nitrogen and oxygen atoms in total. The number of amides is 2. The lowest BCUT2D eigenvalue weighted by molar-refractivity contribution is -0.0571. The first-order chi connectivity index (χ1) is 17.3. The molecule has 2 aliphatic heterocycles. The van der Waals surface area contributed by atoms with Gasteiger partial charge in [0.25, 0.3) is 0 Å². The quantitative estimate of drug-likeness (QED) is 0.487. The third-order valence-electron chi connectivity index (χ3n) is 7.85. The van der Waals surface area contributed by atoms with Crippen LogP contribution in [0.3, 0.4) is 0 Å². The van der Waals surface area contributed by atoms with Gasteiger partial charge in [-0.2, -0.15) is 0 Å². The number of aryl methyl sites for hydroxylation is 1. The number of likely N-dealkylation sites (tertiary alicyclic amines) is 2. The highest BCUT2D eigenvalue weighted by Gasteiger charge is 2.43. The molecule has 2 fully saturated rings. The number of carbonyl (C=O) groups excluding carboxylic acids is 1. The summed E-state index contributed by atoms with van der Waals surface area (Å²) < 4.78 is 5.27. The molecule has 2 saturated heterocycles. The van der Waals surface area contributed by atoms with Crippen LogP contribution in [-0.2, 0) is 10.3 Å². The second-order valence-corrected chi connectivity index (χ2v) is 10.5. The van der Waals surface area contributed by atoms with Crippen molar-refractivity contribution in [3.63, 3.8) is 0 Å². The molecular formula is C29H41N3O4. The monoisotopic (exact) mass is 495 g/mol. The van der Waals surface area contributed by atoms with Crippen molar-refractivity contribution in [3.8, 4) is 11.1 Å². The van der Waals surface area contributed by atoms with Crippen LogP contribution in [0.25, 0.3) is 11.1 Å². The number of nitrogens with two attached hydrogens (primary N) is 1. The Kier molecular flexibility index (Phi) is 8.67. The van der Waals surface area contributed by atoms with Gasteiger partial charge in [-0.05, 0) is 55.7 Å². The van der Waals surface area contributed by atoms with Gasteiger partial charge in [-0.25, -0.2) is 4.79 Å². The molecule has 7 heteroatoms. The van der Waals surface area contributed by atoms with E-state index >= 15 is 0 Å². The number of hydrogen-bond donors (Lipinski definition) is 3. The van der Waals surface area contributed by atoms with E-state index in [2.05, 4.69) is 37.3 Å². The minimum absolute atomic E-state index is 0.0968. The second-order valence-electron chi connectivity index (χ2n) is 10.5. The van der Waals surface area contributed by atoms with Gasteiger partial charge in [-0.1, -0.05) is 54.1 Å². The van der Waals surface area contributed by atoms with E-state index in [0.29, 0.717) is 32.7 Å². The Morgan fingerprint density at radius 2 is 1.92 bits per heavy atom. The number of aliphatic hydroxyl groups excluding tert-OH is 1. The van der Waals surface area contributed by atoms with Crippen molar-refractivity contribution in [2.45, 2.75) is 56.8 Å². The molecule has 4 N–H and O–H groups in total. The van der Waals surface area contributed by atoms with Crippen molar-refractivity contribution in [1.29, 1.82) is 0 Å². The molecule has 4 rings (SSSR count). The molecular weight excluding hydrogens is 454 g/mol. The SMILES string of the molecule is COCCCCC(O)(c1ccccc1-c1cccc(C)c1)C1CCCN(C(=O)N2CC(N)C(O)C2)C1. The fourth-order valence-corrected chi connectivity index (χ4v) is 5.83. The fraction of sp³-hybridized carbons (Fsp3) is 0.552. The number of piperidine rings is 1. The van der Waals surface area contributed by atoms with E-state index in [9.17, 15) is 15.0 Å². The van der Waals surface area contributed by atoms with Crippen LogP contribution in [0, 0.1) is 12.8 Å². The third-order valence-corrected chi connectivity index (χ3v) is 7.85. The predicted molar refractivity (Wildman–Crippen MR) is 141 cm³/mol. The molecule has 0 radical (unpaired) electrons. The van der Waals surface area contributed by atoms with E-state index in [1.165, 1.54) is 5.56 Å². The Balaban J connectivity index is 1.64. The Bertz CT molecular complexity index is 1020. The summed E-state index contributed by atoms with van der Waals surface area (Å²) in [6.45, 7) is 4.48. The number of methoxy groups -OCH3 is 1. The molecule has 2 amide bonds. The van der Waals surface area contributed by atoms with Crippen molar-refractivity contribution in [2.75, 3.05) is 39.9 Å². The highest BCUT2D eigenvalue weighted by atomic mass is 16.5. The topological polar surface area (TPSA) is 99.3 Å². The highest BCUT2D eigenvalue weighted by molar-refractivity contribution is 5.75. The van der Waals surface area contributed by atoms with Crippen LogP contribution < -0.4 is 5.73 Å². The molecule has 0 aromatic heterocycles. The maximum atomic E-state index is 13.3. The summed E-state index contributed by atoms with van der Waals surface area (Å²) >= 11 is 0. The number of nitrogens with zero attached hydrogens (tertiary/aromatic N) is 2. The number of β-amino-alcohol motifs (C(OH)–C–C–N with tert-alkyl or cyclic N) is 1. The Morgan fingerprint density at radius 3 is 2.64 bits per heavy atom. The zero-order valence-corrected chi connectivity index (χ0v) is 21.6. The number of aliphatic hydroxyl groups is 2. The number of unbranched alkanes of at least 4 members (excludes halogenated alkanes) is 1. The van der Waals surface area contributed by atoms with Crippen molar-refractivity contribution in [2.24, 2.45) is 11.7 Å². The average molecular weight is 496 g/mol. The zero-order valence-electron chi connectivity index (χ0n) is 21.6. The van der Waals surface area contributed by atoms with Gasteiger partial charge in [-0.3, -0.25) is 0 Å². The minimum Gasteiger partial charge on any atom is -0.390 e. The van der Waals surface area contributed by atoms with Gasteiger partial charge in [-0.15, -0.1) is 0 Å². The number of urea groups is 1. The molecule has 4 atom stereocenters. The first-order valence-corrected chi connectivity index (χ1v) is 13.2. The van der Waals surface area contributed by atoms with Gasteiger partial charge >= 0.3 is 6.03 Å². The van der Waals surface area contributed by atoms with E-state index in [1.807, 2.05) is 23.1 Å². The molecule has 2 aromatic carbocycles. The number of benzene rings is 2. The second kappa shape index (κ2) is 11.7. The van der Waals surface area contributed by atoms with E-state index < -0.39 is 17.7 Å². The van der Waals surface area contributed by atoms with E-state index in [4.69, 9.17) is 10.5 Å². The molecule has 2 aliphatic rings. The summed E-state index contributed by atoms with van der Waals surface area (Å²) in [6, 6.07) is 16.0. The Hall–Kier alpha value is -2.45. The van der Waals surface area contributed by atoms with Crippen LogP contribution in [0.5, 0.6) is 0 Å². The fourth-order valence-electron chi connectivity index (χ4n) is 5.83. The van der Waals surface area contributed by atoms with Crippen molar-refractivity contribution >= 4 is 6.03 Å². The van der Waals surface area contributed by atoms with Crippen LogP contribution in [0.4, 0.5) is 4.79 Å². The van der Waals surface area contributed by atoms with E-state index in [0.717, 1.165) is 42.4 Å². The summed E-state index contributed by atoms with van der Waals surface area (Å²) in [5.41, 5.74) is 9.09. The van der Waals surface area contributed by atoms with Gasteiger partial charge < -0.3 is 30.5 Å². The first kappa shape index (κ1) is 26.6. The first-order valence-electron chi connectivity index (χ1n) is 13.2. The minimum atomic E-state index is -1.09. The van der Waals surface area contributed by atoms with Gasteiger partial charge in [0.1, 0.15) is 0 Å². The number of rotatable bonds is 8. The maximum absolute atomic E-state index is 13.3. The molecule has 4 unspecified atom stereocenters. The molecule has 36 heavy (non-hydrogen) atoms. The molecule has 2 heterocycles. The summed E-state index contributed by atoms with van der Waals surface area (Å²) in [5, 5.41) is 22.6. The predicted octanol–water partition coefficient (Wildman–Crippen LogP) is 3.50. The lowest BCUT2D eigenvalue weighted by Crippen LogP contribution is -2.52. The van der Waals surface area contributed by atoms with Crippen LogP contribution in [0.1, 0.15) is 43.2 Å². The van der Waals surface area contributed by atoms with Gasteiger partial charge in [0.15, 0.2) is 0 Å². The Morgan fingerprint density at radius 1 is 1.11 bits per heavy atom. The van der Waals surface area contributed by atoms with Gasteiger partial charge in [0, 0.05) is 51.9 Å². The molecule has 0 saturated carbocycles. The van der Waals surface area contributed by atoms with Crippen LogP contribution >= 0.6 is 0 Å². The summed E-state index contributed by atoms with van der Waals surface area (Å²) in [6.07, 6.45) is 3.27. The number of carbonyl (C=O) groups is 1. The zero-order chi connectivity index (χ0) is 25.7. The Labute approximate surface area is 214 Å². The lowest BCUT2D eigenvalue weighted by atomic mass is 9.72. The van der Waals surface area contributed by atoms with Crippen LogP contribution in [0.2, 0.25) is 0 Å². The third kappa shape index (κ3) is 5.75. The van der Waals surface area contributed by atoms with E-state index in [1.54, 1.807) is 12.0 Å². The standard InChI is InChI=1S/C29H41N3O4/c1-21-9-7-10-22(17-21)24-12-3-4-13-25(24)29(35,14-5-6-16-36-2)23-11-8-15-31(18-23)28(34)32-19-26(30)27(33)20-32/h3-4,7,9-10,12-13,17,23,26-27,33,35H,5-6,8,11,14-16,18-20,30H2,1-2H3. The van der Waals surface area contributed by atoms with E-state index in [-0.39, 0.29) is 18.5 Å². The van der Waals surface area contributed by atoms with Crippen LogP contribution in [-0.4, -0.2) is 78.1 Å². The normalized spacial score (nSPS) is 24.1. The van der Waals surface area contributed by atoms with Gasteiger partial charge in [0.05, 0.1) is 11.7 Å². The van der Waals surface area contributed by atoms with Crippen molar-refractivity contribution < 1.29 is 19.7 Å². The molecule has 2 aromatic rings. The van der Waals surface area contributed by atoms with Gasteiger partial charge in [0.2, 0.25) is 0 Å². The summed E-state index contributed by atoms with van der Waals surface area (Å²) in [4.78, 5) is 16.8. The molecule has 0 spiro atoms. The highest BCUT2D eigenvalue weighted by Crippen LogP contribution is 2.44. The average Bonchev–Trinajstić information content (AvgIpc) is 3.24. The smallest absolute Gasteiger partial charge is 0.320 e. The molecule has 0 aliphatic carbocycles. The maximum Gasteiger partial charge on any atom is 0.320 e. The lowest BCUT2D eigenvalue weighted by Gasteiger charge is -2.44. The van der Waals surface area contributed by atoms with Crippen molar-refractivity contribution in [3.05, 3.63) is 59.7 Å². The molecule has 0 bridgehead atoms. The largest absolute Gasteiger partial charge is 0.390 e. The molecule has 196 valence electrons.